The normalized spacial score (nSPS) is 10.0. The van der Waals surface area contributed by atoms with Crippen molar-refractivity contribution in [2.24, 2.45) is 0 Å². The summed E-state index contributed by atoms with van der Waals surface area (Å²) < 4.78 is 1.13. The lowest BCUT2D eigenvalue weighted by molar-refractivity contribution is 0.926. The van der Waals surface area contributed by atoms with Crippen LogP contribution in [-0.4, -0.2) is 5.11 Å². The summed E-state index contributed by atoms with van der Waals surface area (Å²) in [4.78, 5) is 0. The molecule has 0 heterocycles. The molecule has 0 bridgehead atoms. The van der Waals surface area contributed by atoms with E-state index in [-0.39, 0.29) is 0 Å². The van der Waals surface area contributed by atoms with Gasteiger partial charge in [-0.05, 0) is 64.6 Å². The van der Waals surface area contributed by atoms with Crippen LogP contribution in [0.5, 0.6) is 0 Å². The smallest absolute Gasteiger partial charge is 0.171 e. The van der Waals surface area contributed by atoms with Crippen molar-refractivity contribution >= 4 is 57.2 Å². The van der Waals surface area contributed by atoms with E-state index in [2.05, 4.69) is 33.2 Å². The highest BCUT2D eigenvalue weighted by atomic mass is 127. The molecule has 0 unspecified atom stereocenters. The lowest BCUT2D eigenvalue weighted by Crippen LogP contribution is -2.28. The Bertz CT molecular complexity index is 572. The molecule has 0 amide bonds. The van der Waals surface area contributed by atoms with Gasteiger partial charge in [0, 0.05) is 15.1 Å². The second kappa shape index (κ2) is 7.07. The molecule has 2 nitrogen and oxygen atoms in total. The summed E-state index contributed by atoms with van der Waals surface area (Å²) in [6.07, 6.45) is 0. The van der Waals surface area contributed by atoms with E-state index < -0.39 is 0 Å². The topological polar surface area (TPSA) is 24.1 Å². The van der Waals surface area contributed by atoms with Gasteiger partial charge in [0.1, 0.15) is 0 Å². The third kappa shape index (κ3) is 4.63. The summed E-state index contributed by atoms with van der Waals surface area (Å²) in [5.74, 6) is 0. The third-order valence-electron chi connectivity index (χ3n) is 2.49. The Morgan fingerprint density at radius 3 is 2.47 bits per heavy atom. The average molecular weight is 403 g/mol. The average Bonchev–Trinajstić information content (AvgIpc) is 2.41. The Balaban J connectivity index is 1.88. The predicted molar refractivity (Wildman–Crippen MR) is 93.7 cm³/mol. The van der Waals surface area contributed by atoms with Crippen LogP contribution in [0.15, 0.2) is 48.5 Å². The monoisotopic (exact) mass is 402 g/mol. The molecule has 2 aromatic carbocycles. The molecule has 0 fully saturated rings. The van der Waals surface area contributed by atoms with Crippen LogP contribution in [0, 0.1) is 3.57 Å². The van der Waals surface area contributed by atoms with Gasteiger partial charge in [-0.25, -0.2) is 0 Å². The maximum absolute atomic E-state index is 5.84. The molecule has 0 aliphatic carbocycles. The van der Waals surface area contributed by atoms with Crippen LogP contribution >= 0.6 is 46.4 Å². The van der Waals surface area contributed by atoms with Gasteiger partial charge in [0.05, 0.1) is 5.69 Å². The van der Waals surface area contributed by atoms with Crippen LogP contribution < -0.4 is 10.6 Å². The van der Waals surface area contributed by atoms with E-state index in [1.807, 2.05) is 48.5 Å². The maximum Gasteiger partial charge on any atom is 0.171 e. The first-order valence-corrected chi connectivity index (χ1v) is 7.55. The fourth-order valence-corrected chi connectivity index (χ4v) is 2.34. The molecule has 2 N–H and O–H groups in total. The van der Waals surface area contributed by atoms with Crippen molar-refractivity contribution in [2.75, 3.05) is 5.32 Å². The van der Waals surface area contributed by atoms with Crippen LogP contribution in [0.25, 0.3) is 0 Å². The first-order chi connectivity index (χ1) is 9.15. The lowest BCUT2D eigenvalue weighted by atomic mass is 10.2. The summed E-state index contributed by atoms with van der Waals surface area (Å²) in [6.45, 7) is 0.673. The van der Waals surface area contributed by atoms with Crippen LogP contribution in [0.1, 0.15) is 5.56 Å². The number of rotatable bonds is 3. The Morgan fingerprint density at radius 2 is 1.79 bits per heavy atom. The van der Waals surface area contributed by atoms with E-state index in [0.717, 1.165) is 19.8 Å². The minimum atomic E-state index is 0.610. The van der Waals surface area contributed by atoms with Gasteiger partial charge in [0.25, 0.3) is 0 Å². The van der Waals surface area contributed by atoms with Crippen molar-refractivity contribution in [1.29, 1.82) is 0 Å². The minimum absolute atomic E-state index is 0.610. The molecule has 98 valence electrons. The molecule has 0 spiro atoms. The molecule has 0 aliphatic heterocycles. The van der Waals surface area contributed by atoms with Crippen molar-refractivity contribution < 1.29 is 0 Å². The molecule has 2 rings (SSSR count). The third-order valence-corrected chi connectivity index (χ3v) is 3.93. The zero-order chi connectivity index (χ0) is 13.7. The molecular weight excluding hydrogens is 391 g/mol. The summed E-state index contributed by atoms with van der Waals surface area (Å²) in [5, 5.41) is 7.70. The first-order valence-electron chi connectivity index (χ1n) is 5.69. The second-order valence-electron chi connectivity index (χ2n) is 3.91. The molecule has 0 radical (unpaired) electrons. The number of benzene rings is 2. The maximum atomic E-state index is 5.84. The summed E-state index contributed by atoms with van der Waals surface area (Å²) in [6, 6.07) is 15.7. The number of para-hydroxylation sites is 1. The van der Waals surface area contributed by atoms with Gasteiger partial charge in [-0.1, -0.05) is 35.9 Å². The Labute approximate surface area is 136 Å². The van der Waals surface area contributed by atoms with Gasteiger partial charge in [-0.15, -0.1) is 0 Å². The molecule has 0 saturated heterocycles. The zero-order valence-electron chi connectivity index (χ0n) is 9.99. The largest absolute Gasteiger partial charge is 0.358 e. The van der Waals surface area contributed by atoms with Crippen molar-refractivity contribution in [3.63, 3.8) is 0 Å². The lowest BCUT2D eigenvalue weighted by Gasteiger charge is -2.11. The van der Waals surface area contributed by atoms with Crippen molar-refractivity contribution in [3.8, 4) is 0 Å². The van der Waals surface area contributed by atoms with Gasteiger partial charge in [-0.2, -0.15) is 0 Å². The fourth-order valence-electron chi connectivity index (χ4n) is 1.51. The summed E-state index contributed by atoms with van der Waals surface area (Å²) in [5.41, 5.74) is 2.15. The van der Waals surface area contributed by atoms with E-state index in [1.165, 1.54) is 0 Å². The molecule has 0 atom stereocenters. The van der Waals surface area contributed by atoms with Gasteiger partial charge in [0.15, 0.2) is 5.11 Å². The molecular formula is C14H12ClIN2S. The highest BCUT2D eigenvalue weighted by Gasteiger charge is 2.01. The van der Waals surface area contributed by atoms with Crippen LogP contribution in [-0.2, 0) is 6.54 Å². The molecule has 0 saturated carbocycles. The highest BCUT2D eigenvalue weighted by Crippen LogP contribution is 2.16. The Kier molecular flexibility index (Phi) is 5.42. The first kappa shape index (κ1) is 14.6. The van der Waals surface area contributed by atoms with E-state index in [4.69, 9.17) is 23.8 Å². The number of anilines is 1. The minimum Gasteiger partial charge on any atom is -0.358 e. The Morgan fingerprint density at radius 1 is 1.11 bits per heavy atom. The molecule has 0 aromatic heterocycles. The fraction of sp³-hybridized carbons (Fsp3) is 0.0714. The van der Waals surface area contributed by atoms with Gasteiger partial charge in [0.2, 0.25) is 0 Å². The quantitative estimate of drug-likeness (QED) is 0.587. The van der Waals surface area contributed by atoms with Gasteiger partial charge < -0.3 is 10.6 Å². The van der Waals surface area contributed by atoms with Gasteiger partial charge in [-0.3, -0.25) is 0 Å². The zero-order valence-corrected chi connectivity index (χ0v) is 13.7. The SMILES string of the molecule is S=C(NCc1ccc(Cl)cc1)Nc1ccccc1I. The van der Waals surface area contributed by atoms with E-state index in [1.54, 1.807) is 0 Å². The Hall–Kier alpha value is -0.850. The van der Waals surface area contributed by atoms with Crippen LogP contribution in [0.2, 0.25) is 5.02 Å². The standard InChI is InChI=1S/C14H12ClIN2S/c15-11-7-5-10(6-8-11)9-17-14(19)18-13-4-2-1-3-12(13)16/h1-8H,9H2,(H2,17,18,19). The molecule has 19 heavy (non-hydrogen) atoms. The molecule has 2 aromatic rings. The van der Waals surface area contributed by atoms with Crippen LogP contribution in [0.4, 0.5) is 5.69 Å². The summed E-state index contributed by atoms with van der Waals surface area (Å²) >= 11 is 13.4. The molecule has 5 heteroatoms. The van der Waals surface area contributed by atoms with Crippen LogP contribution in [0.3, 0.4) is 0 Å². The van der Waals surface area contributed by atoms with E-state index >= 15 is 0 Å². The number of halogens is 2. The number of hydrogen-bond acceptors (Lipinski definition) is 1. The van der Waals surface area contributed by atoms with Crippen molar-refractivity contribution in [3.05, 3.63) is 62.7 Å². The van der Waals surface area contributed by atoms with Crippen molar-refractivity contribution in [2.45, 2.75) is 6.54 Å². The second-order valence-corrected chi connectivity index (χ2v) is 5.92. The van der Waals surface area contributed by atoms with Crippen molar-refractivity contribution in [1.82, 2.24) is 5.32 Å². The number of thiocarbonyl (C=S) groups is 1. The molecule has 0 aliphatic rings. The number of nitrogens with one attached hydrogen (secondary N) is 2. The van der Waals surface area contributed by atoms with Gasteiger partial charge >= 0.3 is 0 Å². The number of hydrogen-bond donors (Lipinski definition) is 2. The predicted octanol–water partition coefficient (Wildman–Crippen LogP) is 4.43. The van der Waals surface area contributed by atoms with E-state index in [0.29, 0.717) is 11.7 Å². The summed E-state index contributed by atoms with van der Waals surface area (Å²) in [7, 11) is 0. The highest BCUT2D eigenvalue weighted by molar-refractivity contribution is 14.1. The van der Waals surface area contributed by atoms with E-state index in [9.17, 15) is 0 Å².